The van der Waals surface area contributed by atoms with Crippen LogP contribution in [0.4, 0.5) is 0 Å². The normalized spacial score (nSPS) is 16.0. The minimum absolute atomic E-state index is 0.0930. The molecule has 0 aromatic rings. The number of aliphatic hydroxyl groups excluding tert-OH is 1. The number of likely N-dealkylation sites (N-methyl/N-ethyl adjacent to an activating group) is 1. The Balaban J connectivity index is 3.61. The van der Waals surface area contributed by atoms with Crippen LogP contribution in [0.2, 0.25) is 0 Å². The van der Waals surface area contributed by atoms with E-state index in [2.05, 4.69) is 5.32 Å². The molecule has 0 heterocycles. The lowest BCUT2D eigenvalue weighted by Crippen LogP contribution is -2.32. The molecule has 2 N–H and O–H groups in total. The fourth-order valence-corrected chi connectivity index (χ4v) is 0.959. The monoisotopic (exact) mass is 159 g/mol. The van der Waals surface area contributed by atoms with Crippen molar-refractivity contribution >= 4 is 5.78 Å². The fourth-order valence-electron chi connectivity index (χ4n) is 0.959. The summed E-state index contributed by atoms with van der Waals surface area (Å²) in [5, 5.41) is 11.8. The third kappa shape index (κ3) is 4.93. The highest BCUT2D eigenvalue weighted by molar-refractivity contribution is 5.81. The lowest BCUT2D eigenvalue weighted by Gasteiger charge is -2.12. The van der Waals surface area contributed by atoms with Gasteiger partial charge in [0.25, 0.3) is 0 Å². The summed E-state index contributed by atoms with van der Waals surface area (Å²) in [6.45, 7) is 3.29. The first kappa shape index (κ1) is 10.6. The third-order valence-electron chi connectivity index (χ3n) is 1.71. The maximum Gasteiger partial charge on any atom is 0.146 e. The minimum atomic E-state index is -0.315. The van der Waals surface area contributed by atoms with Gasteiger partial charge in [0.15, 0.2) is 0 Å². The Morgan fingerprint density at radius 2 is 2.09 bits per heavy atom. The largest absolute Gasteiger partial charge is 0.393 e. The summed E-state index contributed by atoms with van der Waals surface area (Å²) in [7, 11) is 1.76. The van der Waals surface area contributed by atoms with E-state index in [0.717, 1.165) is 0 Å². The van der Waals surface area contributed by atoms with Crippen LogP contribution in [0.15, 0.2) is 0 Å². The molecule has 11 heavy (non-hydrogen) atoms. The van der Waals surface area contributed by atoms with Gasteiger partial charge >= 0.3 is 0 Å². The predicted octanol–water partition coefficient (Wildman–Crippen LogP) is 0.324. The highest BCUT2D eigenvalue weighted by Crippen LogP contribution is 2.01. The summed E-state index contributed by atoms with van der Waals surface area (Å²) in [5.74, 6) is 0.133. The van der Waals surface area contributed by atoms with E-state index in [1.165, 1.54) is 0 Å². The number of nitrogens with one attached hydrogen (secondary N) is 1. The van der Waals surface area contributed by atoms with E-state index in [0.29, 0.717) is 12.8 Å². The molecular weight excluding hydrogens is 142 g/mol. The molecule has 3 heteroatoms. The fraction of sp³-hybridized carbons (Fsp3) is 0.875. The molecule has 66 valence electrons. The smallest absolute Gasteiger partial charge is 0.146 e. The van der Waals surface area contributed by atoms with Crippen LogP contribution in [0, 0.1) is 0 Å². The lowest BCUT2D eigenvalue weighted by molar-refractivity contribution is -0.119. The molecular formula is C8H17NO2. The average molecular weight is 159 g/mol. The van der Waals surface area contributed by atoms with Gasteiger partial charge in [0.05, 0.1) is 12.1 Å². The van der Waals surface area contributed by atoms with Gasteiger partial charge in [0.1, 0.15) is 5.78 Å². The predicted molar refractivity (Wildman–Crippen MR) is 44.4 cm³/mol. The van der Waals surface area contributed by atoms with Crippen LogP contribution in [0.1, 0.15) is 26.7 Å². The van der Waals surface area contributed by atoms with E-state index in [1.54, 1.807) is 20.9 Å². The summed E-state index contributed by atoms with van der Waals surface area (Å²) in [5.41, 5.74) is 0. The molecule has 0 saturated carbocycles. The Kier molecular flexibility index (Phi) is 5.07. The van der Waals surface area contributed by atoms with E-state index >= 15 is 0 Å². The standard InChI is InChI=1S/C8H17NO2/c1-6(10)4-5-8(9-3)7(2)11/h6,8-10H,4-5H2,1-3H3. The summed E-state index contributed by atoms with van der Waals surface area (Å²) in [4.78, 5) is 10.8. The Labute approximate surface area is 67.8 Å². The molecule has 0 amide bonds. The van der Waals surface area contributed by atoms with Crippen molar-refractivity contribution in [2.24, 2.45) is 0 Å². The van der Waals surface area contributed by atoms with Gasteiger partial charge in [0.2, 0.25) is 0 Å². The van der Waals surface area contributed by atoms with Crippen LogP contribution in [-0.2, 0) is 4.79 Å². The van der Waals surface area contributed by atoms with Crippen molar-refractivity contribution < 1.29 is 9.90 Å². The number of carbonyl (C=O) groups is 1. The van der Waals surface area contributed by atoms with Crippen LogP contribution in [-0.4, -0.2) is 30.1 Å². The maximum absolute atomic E-state index is 10.8. The van der Waals surface area contributed by atoms with Gasteiger partial charge < -0.3 is 10.4 Å². The second-order valence-corrected chi connectivity index (χ2v) is 2.88. The number of hydrogen-bond acceptors (Lipinski definition) is 3. The molecule has 0 fully saturated rings. The average Bonchev–Trinajstić information content (AvgIpc) is 1.87. The summed E-state index contributed by atoms with van der Waals surface area (Å²) in [6.07, 6.45) is 1.07. The van der Waals surface area contributed by atoms with Gasteiger partial charge in [-0.05, 0) is 33.7 Å². The second kappa shape index (κ2) is 5.27. The zero-order valence-corrected chi connectivity index (χ0v) is 7.42. The molecule has 0 saturated heterocycles. The van der Waals surface area contributed by atoms with Crippen molar-refractivity contribution in [3.63, 3.8) is 0 Å². The molecule has 3 nitrogen and oxygen atoms in total. The Morgan fingerprint density at radius 1 is 1.55 bits per heavy atom. The zero-order chi connectivity index (χ0) is 8.85. The maximum atomic E-state index is 10.8. The summed E-state index contributed by atoms with van der Waals surface area (Å²) in [6, 6.07) is -0.0930. The van der Waals surface area contributed by atoms with E-state index < -0.39 is 0 Å². The van der Waals surface area contributed by atoms with Crippen molar-refractivity contribution in [1.29, 1.82) is 0 Å². The first-order valence-corrected chi connectivity index (χ1v) is 3.93. The van der Waals surface area contributed by atoms with Gasteiger partial charge in [-0.25, -0.2) is 0 Å². The topological polar surface area (TPSA) is 49.3 Å². The van der Waals surface area contributed by atoms with E-state index in [4.69, 9.17) is 5.11 Å². The molecule has 2 unspecified atom stereocenters. The molecule has 0 radical (unpaired) electrons. The molecule has 0 bridgehead atoms. The first-order valence-electron chi connectivity index (χ1n) is 3.93. The molecule has 0 aromatic carbocycles. The Morgan fingerprint density at radius 3 is 2.36 bits per heavy atom. The van der Waals surface area contributed by atoms with Crippen molar-refractivity contribution in [3.8, 4) is 0 Å². The quantitative estimate of drug-likeness (QED) is 0.607. The van der Waals surface area contributed by atoms with Gasteiger partial charge in [-0.1, -0.05) is 0 Å². The van der Waals surface area contributed by atoms with Gasteiger partial charge in [0, 0.05) is 0 Å². The van der Waals surface area contributed by atoms with Crippen molar-refractivity contribution in [2.75, 3.05) is 7.05 Å². The lowest BCUT2D eigenvalue weighted by atomic mass is 10.1. The zero-order valence-electron chi connectivity index (χ0n) is 7.42. The highest BCUT2D eigenvalue weighted by Gasteiger charge is 2.11. The molecule has 0 spiro atoms. The van der Waals surface area contributed by atoms with Crippen LogP contribution in [0.25, 0.3) is 0 Å². The van der Waals surface area contributed by atoms with Crippen molar-refractivity contribution in [2.45, 2.75) is 38.8 Å². The van der Waals surface area contributed by atoms with Crippen molar-refractivity contribution in [1.82, 2.24) is 5.32 Å². The number of carbonyl (C=O) groups excluding carboxylic acids is 1. The number of Topliss-reactive ketones (excluding diaryl/α,β-unsaturated/α-hetero) is 1. The van der Waals surface area contributed by atoms with Crippen LogP contribution >= 0.6 is 0 Å². The van der Waals surface area contributed by atoms with Gasteiger partial charge in [-0.15, -0.1) is 0 Å². The number of aliphatic hydroxyl groups is 1. The SMILES string of the molecule is CNC(CCC(C)O)C(C)=O. The summed E-state index contributed by atoms with van der Waals surface area (Å²) < 4.78 is 0. The number of rotatable bonds is 5. The van der Waals surface area contributed by atoms with Gasteiger partial charge in [-0.3, -0.25) is 4.79 Å². The molecule has 0 rings (SSSR count). The van der Waals surface area contributed by atoms with E-state index in [-0.39, 0.29) is 17.9 Å². The van der Waals surface area contributed by atoms with Gasteiger partial charge in [-0.2, -0.15) is 0 Å². The van der Waals surface area contributed by atoms with Crippen LogP contribution in [0.5, 0.6) is 0 Å². The highest BCUT2D eigenvalue weighted by atomic mass is 16.3. The second-order valence-electron chi connectivity index (χ2n) is 2.88. The van der Waals surface area contributed by atoms with Crippen LogP contribution in [0.3, 0.4) is 0 Å². The first-order chi connectivity index (χ1) is 5.07. The molecule has 0 aliphatic heterocycles. The third-order valence-corrected chi connectivity index (χ3v) is 1.71. The van der Waals surface area contributed by atoms with Crippen LogP contribution < -0.4 is 5.32 Å². The van der Waals surface area contributed by atoms with E-state index in [1.807, 2.05) is 0 Å². The molecule has 0 aliphatic rings. The molecule has 0 aliphatic carbocycles. The Hall–Kier alpha value is -0.410. The molecule has 2 atom stereocenters. The summed E-state index contributed by atoms with van der Waals surface area (Å²) >= 11 is 0. The number of ketones is 1. The Bertz CT molecular complexity index is 123. The minimum Gasteiger partial charge on any atom is -0.393 e. The molecule has 0 aromatic heterocycles. The van der Waals surface area contributed by atoms with E-state index in [9.17, 15) is 4.79 Å². The number of hydrogen-bond donors (Lipinski definition) is 2. The van der Waals surface area contributed by atoms with Crippen molar-refractivity contribution in [3.05, 3.63) is 0 Å².